The monoisotopic (exact) mass is 849 g/mol. The van der Waals surface area contributed by atoms with Gasteiger partial charge in [0.2, 0.25) is 0 Å². The molecule has 0 rings (SSSR count). The zero-order valence-electron chi connectivity index (χ0n) is 40.8. The lowest BCUT2D eigenvalue weighted by Gasteiger charge is -2.18. The summed E-state index contributed by atoms with van der Waals surface area (Å²) in [5, 5.41) is 0. The molecular formula is C54H104O6. The van der Waals surface area contributed by atoms with E-state index in [9.17, 15) is 14.4 Å². The van der Waals surface area contributed by atoms with E-state index in [1.54, 1.807) is 0 Å². The Labute approximate surface area is 374 Å². The van der Waals surface area contributed by atoms with Gasteiger partial charge in [-0.3, -0.25) is 14.4 Å². The minimum absolute atomic E-state index is 0.0615. The number of hydrogen-bond donors (Lipinski definition) is 0. The summed E-state index contributed by atoms with van der Waals surface area (Å²) in [7, 11) is 0. The fourth-order valence-electron chi connectivity index (χ4n) is 8.27. The second-order valence-corrected chi connectivity index (χ2v) is 18.5. The first-order chi connectivity index (χ1) is 29.5. The van der Waals surface area contributed by atoms with Gasteiger partial charge in [-0.25, -0.2) is 0 Å². The maximum Gasteiger partial charge on any atom is 0.306 e. The molecule has 356 valence electrons. The summed E-state index contributed by atoms with van der Waals surface area (Å²) in [5.41, 5.74) is 0. The standard InChI is InChI=1S/C54H104O6/c1-4-7-10-13-16-19-22-25-27-29-32-35-38-41-44-47-53(56)59-50-51(49-58-52(55)46-43-40-37-34-31-24-21-18-15-12-9-6-3)60-54(57)48-45-42-39-36-33-30-28-26-23-20-17-14-11-8-5-2/h51H,4-50H2,1-3H3/t51-/m0/s1. The molecule has 0 saturated carbocycles. The molecule has 0 bridgehead atoms. The van der Waals surface area contributed by atoms with Crippen LogP contribution in [0.3, 0.4) is 0 Å². The Balaban J connectivity index is 4.29. The van der Waals surface area contributed by atoms with Crippen LogP contribution in [0.2, 0.25) is 0 Å². The van der Waals surface area contributed by atoms with Crippen LogP contribution in [0.1, 0.15) is 310 Å². The molecule has 0 aliphatic carbocycles. The Hall–Kier alpha value is -1.59. The van der Waals surface area contributed by atoms with Crippen molar-refractivity contribution in [2.24, 2.45) is 0 Å². The van der Waals surface area contributed by atoms with Crippen LogP contribution >= 0.6 is 0 Å². The first kappa shape index (κ1) is 58.4. The highest BCUT2D eigenvalue weighted by Gasteiger charge is 2.19. The van der Waals surface area contributed by atoms with E-state index in [-0.39, 0.29) is 31.1 Å². The third-order valence-electron chi connectivity index (χ3n) is 12.4. The summed E-state index contributed by atoms with van der Waals surface area (Å²) < 4.78 is 16.8. The number of carbonyl (C=O) groups excluding carboxylic acids is 3. The third kappa shape index (κ3) is 47.5. The zero-order chi connectivity index (χ0) is 43.7. The van der Waals surface area contributed by atoms with Crippen molar-refractivity contribution in [1.82, 2.24) is 0 Å². The average molecular weight is 849 g/mol. The molecule has 0 aromatic carbocycles. The molecule has 0 amide bonds. The fourth-order valence-corrected chi connectivity index (χ4v) is 8.27. The topological polar surface area (TPSA) is 78.9 Å². The van der Waals surface area contributed by atoms with Crippen molar-refractivity contribution in [3.05, 3.63) is 0 Å². The molecule has 0 radical (unpaired) electrons. The van der Waals surface area contributed by atoms with Crippen molar-refractivity contribution < 1.29 is 28.6 Å². The normalized spacial score (nSPS) is 11.8. The number of ether oxygens (including phenoxy) is 3. The molecule has 60 heavy (non-hydrogen) atoms. The van der Waals surface area contributed by atoms with E-state index in [0.717, 1.165) is 57.8 Å². The highest BCUT2D eigenvalue weighted by Crippen LogP contribution is 2.17. The Morgan fingerprint density at radius 3 is 0.667 bits per heavy atom. The maximum absolute atomic E-state index is 12.8. The minimum atomic E-state index is -0.759. The van der Waals surface area contributed by atoms with Gasteiger partial charge in [0.15, 0.2) is 6.10 Å². The van der Waals surface area contributed by atoms with Gasteiger partial charge in [0.25, 0.3) is 0 Å². The van der Waals surface area contributed by atoms with Gasteiger partial charge >= 0.3 is 17.9 Å². The van der Waals surface area contributed by atoms with Crippen LogP contribution in [0.5, 0.6) is 0 Å². The van der Waals surface area contributed by atoms with Gasteiger partial charge in [0, 0.05) is 19.3 Å². The maximum atomic E-state index is 12.8. The van der Waals surface area contributed by atoms with E-state index < -0.39 is 6.10 Å². The van der Waals surface area contributed by atoms with E-state index in [1.807, 2.05) is 0 Å². The summed E-state index contributed by atoms with van der Waals surface area (Å²) in [6.45, 7) is 6.69. The first-order valence-corrected chi connectivity index (χ1v) is 27.0. The zero-order valence-corrected chi connectivity index (χ0v) is 40.8. The molecule has 0 aliphatic rings. The molecule has 0 spiro atoms. The van der Waals surface area contributed by atoms with E-state index in [4.69, 9.17) is 14.2 Å². The smallest absolute Gasteiger partial charge is 0.306 e. The van der Waals surface area contributed by atoms with Gasteiger partial charge < -0.3 is 14.2 Å². The van der Waals surface area contributed by atoms with Gasteiger partial charge in [0.1, 0.15) is 13.2 Å². The van der Waals surface area contributed by atoms with Gasteiger partial charge in [-0.15, -0.1) is 0 Å². The Kier molecular flexibility index (Phi) is 48.7. The highest BCUT2D eigenvalue weighted by molar-refractivity contribution is 5.71. The quantitative estimate of drug-likeness (QED) is 0.0345. The van der Waals surface area contributed by atoms with Crippen molar-refractivity contribution in [3.63, 3.8) is 0 Å². The number of unbranched alkanes of at least 4 members (excludes halogenated alkanes) is 39. The highest BCUT2D eigenvalue weighted by atomic mass is 16.6. The van der Waals surface area contributed by atoms with Gasteiger partial charge in [0.05, 0.1) is 0 Å². The summed E-state index contributed by atoms with van der Waals surface area (Å²) in [5.74, 6) is -0.837. The fraction of sp³-hybridized carbons (Fsp3) is 0.944. The van der Waals surface area contributed by atoms with Crippen LogP contribution in [0.15, 0.2) is 0 Å². The second kappa shape index (κ2) is 50.1. The first-order valence-electron chi connectivity index (χ1n) is 27.0. The summed E-state index contributed by atoms with van der Waals surface area (Å²) in [6, 6.07) is 0. The van der Waals surface area contributed by atoms with E-state index >= 15 is 0 Å². The third-order valence-corrected chi connectivity index (χ3v) is 12.4. The minimum Gasteiger partial charge on any atom is -0.462 e. The van der Waals surface area contributed by atoms with Crippen molar-refractivity contribution in [1.29, 1.82) is 0 Å². The van der Waals surface area contributed by atoms with Crippen LogP contribution in [0, 0.1) is 0 Å². The molecular weight excluding hydrogens is 745 g/mol. The molecule has 1 atom stereocenters. The van der Waals surface area contributed by atoms with E-state index in [2.05, 4.69) is 20.8 Å². The Morgan fingerprint density at radius 2 is 0.450 bits per heavy atom. The predicted octanol–water partition coefficient (Wildman–Crippen LogP) is 17.6. The molecule has 0 aromatic heterocycles. The Morgan fingerprint density at radius 1 is 0.267 bits per heavy atom. The van der Waals surface area contributed by atoms with Crippen LogP contribution in [-0.4, -0.2) is 37.2 Å². The molecule has 0 heterocycles. The van der Waals surface area contributed by atoms with Crippen molar-refractivity contribution >= 4 is 17.9 Å². The van der Waals surface area contributed by atoms with E-state index in [1.165, 1.54) is 212 Å². The van der Waals surface area contributed by atoms with Crippen molar-refractivity contribution in [2.45, 2.75) is 316 Å². The molecule has 0 N–H and O–H groups in total. The SMILES string of the molecule is CCCCCCCCCCCCCCCCCC(=O)OC[C@H](COC(=O)CCCCCCCCCCCCCC)OC(=O)CCCCCCCCCCCCCCCCC. The number of hydrogen-bond acceptors (Lipinski definition) is 6. The number of carbonyl (C=O) groups is 3. The van der Waals surface area contributed by atoms with Crippen molar-refractivity contribution in [2.75, 3.05) is 13.2 Å². The van der Waals surface area contributed by atoms with Crippen LogP contribution in [0.25, 0.3) is 0 Å². The molecule has 0 saturated heterocycles. The van der Waals surface area contributed by atoms with Crippen LogP contribution in [-0.2, 0) is 28.6 Å². The molecule has 0 fully saturated rings. The van der Waals surface area contributed by atoms with Crippen LogP contribution in [0.4, 0.5) is 0 Å². The number of rotatable bonds is 50. The molecule has 0 aliphatic heterocycles. The molecule has 6 nitrogen and oxygen atoms in total. The number of esters is 3. The lowest BCUT2D eigenvalue weighted by atomic mass is 10.0. The van der Waals surface area contributed by atoms with Crippen LogP contribution < -0.4 is 0 Å². The predicted molar refractivity (Wildman–Crippen MR) is 257 cm³/mol. The van der Waals surface area contributed by atoms with Gasteiger partial charge in [-0.1, -0.05) is 271 Å². The van der Waals surface area contributed by atoms with Crippen molar-refractivity contribution in [3.8, 4) is 0 Å². The molecule has 0 aromatic rings. The average Bonchev–Trinajstić information content (AvgIpc) is 3.24. The van der Waals surface area contributed by atoms with Gasteiger partial charge in [-0.2, -0.15) is 0 Å². The summed E-state index contributed by atoms with van der Waals surface area (Å²) in [4.78, 5) is 38.0. The largest absolute Gasteiger partial charge is 0.462 e. The molecule has 6 heteroatoms. The lowest BCUT2D eigenvalue weighted by Crippen LogP contribution is -2.30. The summed E-state index contributed by atoms with van der Waals surface area (Å²) in [6.07, 6.45) is 53.7. The Bertz CT molecular complexity index is 889. The van der Waals surface area contributed by atoms with Gasteiger partial charge in [-0.05, 0) is 19.3 Å². The summed E-state index contributed by atoms with van der Waals surface area (Å²) >= 11 is 0. The van der Waals surface area contributed by atoms with E-state index in [0.29, 0.717) is 19.3 Å². The lowest BCUT2D eigenvalue weighted by molar-refractivity contribution is -0.167. The second-order valence-electron chi connectivity index (χ2n) is 18.5. The molecule has 0 unspecified atom stereocenters.